The highest BCUT2D eigenvalue weighted by molar-refractivity contribution is 7.79. The van der Waals surface area contributed by atoms with Gasteiger partial charge in [0.25, 0.3) is 0 Å². The van der Waals surface area contributed by atoms with Gasteiger partial charge in [-0.25, -0.2) is 0 Å². The predicted octanol–water partition coefficient (Wildman–Crippen LogP) is 4.42. The number of hydrogen-bond acceptors (Lipinski definition) is 3. The van der Waals surface area contributed by atoms with Gasteiger partial charge >= 0.3 is 0 Å². The Morgan fingerprint density at radius 2 is 1.57 bits per heavy atom. The summed E-state index contributed by atoms with van der Waals surface area (Å²) in [6.07, 6.45) is 3.93. The zero-order valence-corrected chi connectivity index (χ0v) is 14.9. The molecule has 2 rings (SSSR count). The molecule has 0 radical (unpaired) electrons. The number of anilines is 1. The highest BCUT2D eigenvalue weighted by atomic mass is 32.1. The summed E-state index contributed by atoms with van der Waals surface area (Å²) in [5, 5.41) is 6.99. The number of benzene rings is 2. The van der Waals surface area contributed by atoms with Gasteiger partial charge in [-0.2, -0.15) is 5.10 Å². The van der Waals surface area contributed by atoms with E-state index in [0.29, 0.717) is 0 Å². The van der Waals surface area contributed by atoms with Crippen LogP contribution >= 0.6 is 12.2 Å². The van der Waals surface area contributed by atoms with E-state index in [-0.39, 0.29) is 0 Å². The van der Waals surface area contributed by atoms with Crippen molar-refractivity contribution in [2.75, 3.05) is 12.4 Å². The zero-order valence-electron chi connectivity index (χ0n) is 14.0. The Morgan fingerprint density at radius 1 is 0.957 bits per heavy atom. The molecule has 0 fully saturated rings. The maximum absolute atomic E-state index is 4.71. The molecule has 2 aromatic carbocycles. The van der Waals surface area contributed by atoms with Crippen LogP contribution in [0.5, 0.6) is 0 Å². The summed E-state index contributed by atoms with van der Waals surface area (Å²) in [6.45, 7) is 4.27. The zero-order chi connectivity index (χ0) is 16.9. The molecule has 0 saturated heterocycles. The first-order valence-corrected chi connectivity index (χ1v) is 8.29. The van der Waals surface area contributed by atoms with Gasteiger partial charge in [0, 0.05) is 12.7 Å². The van der Waals surface area contributed by atoms with Gasteiger partial charge in [0.1, 0.15) is 0 Å². The molecule has 122 valence electrons. The molecule has 0 amide bonds. The van der Waals surface area contributed by atoms with E-state index in [1.807, 2.05) is 30.5 Å². The molecular weight excluding hydrogens is 302 g/mol. The fraction of sp³-hybridized carbons (Fsp3) is 0.263. The second kappa shape index (κ2) is 11.4. The van der Waals surface area contributed by atoms with Crippen molar-refractivity contribution in [1.82, 2.24) is 5.43 Å². The maximum Gasteiger partial charge on any atom is 0.0659 e. The van der Waals surface area contributed by atoms with E-state index in [9.17, 15) is 0 Å². The number of aryl methyl sites for hydroxylation is 2. The number of nitrogens with zero attached hydrogens (tertiary/aromatic N) is 1. The van der Waals surface area contributed by atoms with Gasteiger partial charge in [0.15, 0.2) is 0 Å². The minimum Gasteiger partial charge on any atom is -0.352 e. The number of nitrogens with one attached hydrogen (secondary N) is 2. The van der Waals surface area contributed by atoms with Crippen LogP contribution in [-0.2, 0) is 12.8 Å². The predicted molar refractivity (Wildman–Crippen MR) is 106 cm³/mol. The van der Waals surface area contributed by atoms with Gasteiger partial charge < -0.3 is 10.7 Å². The Bertz CT molecular complexity index is 624. The maximum atomic E-state index is 4.71. The molecular formula is C19H25N3S. The van der Waals surface area contributed by atoms with E-state index >= 15 is 0 Å². The van der Waals surface area contributed by atoms with Crippen molar-refractivity contribution < 1.29 is 0 Å². The molecule has 0 bridgehead atoms. The quantitative estimate of drug-likeness (QED) is 0.468. The molecule has 0 atom stereocenters. The van der Waals surface area contributed by atoms with Crippen molar-refractivity contribution >= 4 is 29.6 Å². The molecule has 0 aliphatic heterocycles. The van der Waals surface area contributed by atoms with Crippen LogP contribution < -0.4 is 10.7 Å². The second-order valence-corrected chi connectivity index (χ2v) is 5.04. The van der Waals surface area contributed by atoms with Crippen molar-refractivity contribution in [1.29, 1.82) is 0 Å². The summed E-state index contributed by atoms with van der Waals surface area (Å²) >= 11 is 4.71. The number of thiocarbonyl (C=S) groups is 1. The summed E-state index contributed by atoms with van der Waals surface area (Å²) in [4.78, 5) is 0. The highest BCUT2D eigenvalue weighted by Gasteiger charge is 1.95. The minimum absolute atomic E-state index is 1.03. The van der Waals surface area contributed by atoms with Crippen molar-refractivity contribution in [3.05, 3.63) is 65.2 Å². The van der Waals surface area contributed by atoms with E-state index in [0.717, 1.165) is 18.5 Å². The average molecular weight is 327 g/mol. The summed E-state index contributed by atoms with van der Waals surface area (Å²) in [5.74, 6) is 0. The van der Waals surface area contributed by atoms with Crippen LogP contribution in [0.3, 0.4) is 0 Å². The topological polar surface area (TPSA) is 36.4 Å². The summed E-state index contributed by atoms with van der Waals surface area (Å²) in [5.41, 5.74) is 9.21. The Balaban J connectivity index is 0.000000231. The first kappa shape index (κ1) is 18.8. The highest BCUT2D eigenvalue weighted by Crippen LogP contribution is 2.14. The van der Waals surface area contributed by atoms with Crippen molar-refractivity contribution in [2.24, 2.45) is 5.10 Å². The third-order valence-corrected chi connectivity index (χ3v) is 3.50. The van der Waals surface area contributed by atoms with E-state index in [2.05, 4.69) is 54.0 Å². The lowest BCUT2D eigenvalue weighted by atomic mass is 10.1. The van der Waals surface area contributed by atoms with Crippen LogP contribution in [0, 0.1) is 0 Å². The smallest absolute Gasteiger partial charge is 0.0659 e. The van der Waals surface area contributed by atoms with Gasteiger partial charge in [0.05, 0.1) is 11.7 Å². The molecule has 0 aliphatic rings. The molecule has 2 N–H and O–H groups in total. The molecule has 3 nitrogen and oxygen atoms in total. The van der Waals surface area contributed by atoms with Crippen LogP contribution in [0.2, 0.25) is 0 Å². The van der Waals surface area contributed by atoms with Crippen LogP contribution in [0.1, 0.15) is 30.5 Å². The normalized spacial score (nSPS) is 9.87. The van der Waals surface area contributed by atoms with E-state index in [1.165, 1.54) is 22.2 Å². The van der Waals surface area contributed by atoms with E-state index < -0.39 is 0 Å². The molecule has 23 heavy (non-hydrogen) atoms. The Morgan fingerprint density at radius 3 is 2.17 bits per heavy atom. The largest absolute Gasteiger partial charge is 0.352 e. The molecule has 2 aromatic rings. The Labute approximate surface area is 144 Å². The van der Waals surface area contributed by atoms with Crippen LogP contribution in [-0.4, -0.2) is 18.8 Å². The first-order valence-electron chi connectivity index (χ1n) is 7.82. The average Bonchev–Trinajstić information content (AvgIpc) is 2.61. The number of rotatable bonds is 6. The second-order valence-electron chi connectivity index (χ2n) is 4.81. The molecule has 0 aliphatic carbocycles. The van der Waals surface area contributed by atoms with Gasteiger partial charge in [-0.1, -0.05) is 68.5 Å². The minimum atomic E-state index is 1.03. The Kier molecular flexibility index (Phi) is 9.32. The lowest BCUT2D eigenvalue weighted by Gasteiger charge is -2.04. The van der Waals surface area contributed by atoms with Crippen molar-refractivity contribution in [3.8, 4) is 0 Å². The molecule has 0 unspecified atom stereocenters. The molecule has 0 aromatic heterocycles. The van der Waals surface area contributed by atoms with Gasteiger partial charge in [-0.05, 0) is 35.6 Å². The first-order chi connectivity index (χ1) is 11.3. The van der Waals surface area contributed by atoms with E-state index in [1.54, 1.807) is 7.05 Å². The third-order valence-electron chi connectivity index (χ3n) is 3.38. The lowest BCUT2D eigenvalue weighted by molar-refractivity contribution is 0.907. The van der Waals surface area contributed by atoms with Crippen LogP contribution in [0.15, 0.2) is 53.6 Å². The summed E-state index contributed by atoms with van der Waals surface area (Å²) < 4.78 is 0. The fourth-order valence-corrected chi connectivity index (χ4v) is 2.28. The van der Waals surface area contributed by atoms with Crippen molar-refractivity contribution in [3.63, 3.8) is 0 Å². The number of hydrogen-bond donors (Lipinski definition) is 2. The van der Waals surface area contributed by atoms with Crippen LogP contribution in [0.25, 0.3) is 0 Å². The standard InChI is InChI=1S/C10H14N2.C9H11NS/c1-3-9-6-4-5-7-10(9)8-12-11-2;1-2-8-5-3-4-6-9(8)10-7-11/h4-8,11H,3H2,1-2H3;3-7H,2H2,1H3,(H,10,11)/b12-8+;. The fourth-order valence-electron chi connectivity index (χ4n) is 2.15. The van der Waals surface area contributed by atoms with Gasteiger partial charge in [0.2, 0.25) is 0 Å². The summed E-state index contributed by atoms with van der Waals surface area (Å²) in [7, 11) is 1.80. The monoisotopic (exact) mass is 327 g/mol. The molecule has 4 heteroatoms. The van der Waals surface area contributed by atoms with Crippen LogP contribution in [0.4, 0.5) is 5.69 Å². The Hall–Kier alpha value is -2.20. The molecule has 0 saturated carbocycles. The van der Waals surface area contributed by atoms with Gasteiger partial charge in [-0.3, -0.25) is 0 Å². The number of hydrazone groups is 1. The van der Waals surface area contributed by atoms with Crippen molar-refractivity contribution in [2.45, 2.75) is 26.7 Å². The third kappa shape index (κ3) is 6.61. The SMILES string of the molecule is CCc1ccccc1/C=N/NC.CCc1ccccc1NC=S. The number of para-hydroxylation sites is 1. The van der Waals surface area contributed by atoms with E-state index in [4.69, 9.17) is 12.2 Å². The lowest BCUT2D eigenvalue weighted by Crippen LogP contribution is -1.97. The van der Waals surface area contributed by atoms with Gasteiger partial charge in [-0.15, -0.1) is 0 Å². The molecule has 0 heterocycles. The summed E-state index contributed by atoms with van der Waals surface area (Å²) in [6, 6.07) is 16.4. The molecule has 0 spiro atoms.